The fourth-order valence-electron chi connectivity index (χ4n) is 2.27. The minimum Gasteiger partial charge on any atom is -0.361 e. The Labute approximate surface area is 105 Å². The van der Waals surface area contributed by atoms with Crippen molar-refractivity contribution in [3.05, 3.63) is 59.0 Å². The molecule has 3 heteroatoms. The third-order valence-electron chi connectivity index (χ3n) is 3.20. The van der Waals surface area contributed by atoms with Gasteiger partial charge in [0.2, 0.25) is 0 Å². The number of hydrogen-bond acceptors (Lipinski definition) is 1. The number of aryl methyl sites for hydroxylation is 1. The lowest BCUT2D eigenvalue weighted by Crippen LogP contribution is -1.88. The number of aromatic nitrogens is 2. The summed E-state index contributed by atoms with van der Waals surface area (Å²) >= 11 is 0. The lowest BCUT2D eigenvalue weighted by atomic mass is 10.1. The predicted molar refractivity (Wildman–Crippen MR) is 72.0 cm³/mol. The van der Waals surface area contributed by atoms with Crippen molar-refractivity contribution < 1.29 is 4.79 Å². The molecule has 3 aromatic rings. The van der Waals surface area contributed by atoms with Crippen molar-refractivity contribution in [3.63, 3.8) is 0 Å². The Bertz CT molecular complexity index is 706. The zero-order valence-electron chi connectivity index (χ0n) is 10.2. The maximum atomic E-state index is 10.6. The van der Waals surface area contributed by atoms with Gasteiger partial charge < -0.3 is 9.97 Å². The molecule has 1 aromatic carbocycles. The van der Waals surface area contributed by atoms with Gasteiger partial charge in [-0.2, -0.15) is 0 Å². The van der Waals surface area contributed by atoms with Crippen molar-refractivity contribution in [1.29, 1.82) is 0 Å². The molecule has 90 valence electrons. The van der Waals surface area contributed by atoms with E-state index in [1.165, 1.54) is 16.5 Å². The second-order valence-electron chi connectivity index (χ2n) is 4.60. The number of carbonyl (C=O) groups excluding carboxylic acids is 1. The zero-order valence-corrected chi connectivity index (χ0v) is 10.2. The number of H-pyrrole nitrogens is 2. The molecule has 0 amide bonds. The van der Waals surface area contributed by atoms with Gasteiger partial charge in [-0.05, 0) is 36.8 Å². The first-order chi connectivity index (χ1) is 8.76. The van der Waals surface area contributed by atoms with Crippen molar-refractivity contribution in [1.82, 2.24) is 9.97 Å². The number of hydrogen-bond donors (Lipinski definition) is 2. The molecule has 2 heterocycles. The van der Waals surface area contributed by atoms with Gasteiger partial charge >= 0.3 is 0 Å². The smallest absolute Gasteiger partial charge is 0.166 e. The third kappa shape index (κ3) is 1.84. The molecule has 2 N–H and O–H groups in total. The Morgan fingerprint density at radius 1 is 1.22 bits per heavy atom. The average Bonchev–Trinajstić information content (AvgIpc) is 2.97. The van der Waals surface area contributed by atoms with Gasteiger partial charge in [-0.3, -0.25) is 4.79 Å². The van der Waals surface area contributed by atoms with Gasteiger partial charge in [0.05, 0.1) is 5.69 Å². The molecule has 0 radical (unpaired) electrons. The molecule has 3 rings (SSSR count). The summed E-state index contributed by atoms with van der Waals surface area (Å²) in [6.45, 7) is 2.09. The molecule has 0 fully saturated rings. The van der Waals surface area contributed by atoms with E-state index in [0.29, 0.717) is 5.69 Å². The first kappa shape index (κ1) is 10.8. The van der Waals surface area contributed by atoms with Crippen molar-refractivity contribution in [2.24, 2.45) is 0 Å². The van der Waals surface area contributed by atoms with Crippen LogP contribution in [0.1, 0.15) is 27.3 Å². The van der Waals surface area contributed by atoms with E-state index in [9.17, 15) is 4.79 Å². The average molecular weight is 238 g/mol. The molecule has 0 saturated carbocycles. The Kier molecular flexibility index (Phi) is 2.52. The van der Waals surface area contributed by atoms with Gasteiger partial charge in [0.25, 0.3) is 0 Å². The number of carbonyl (C=O) groups is 1. The van der Waals surface area contributed by atoms with E-state index in [-0.39, 0.29) is 0 Å². The molecule has 0 spiro atoms. The molecule has 0 saturated heterocycles. The fourth-order valence-corrected chi connectivity index (χ4v) is 2.27. The van der Waals surface area contributed by atoms with Crippen LogP contribution in [0.15, 0.2) is 36.5 Å². The topological polar surface area (TPSA) is 48.6 Å². The Morgan fingerprint density at radius 3 is 2.89 bits per heavy atom. The van der Waals surface area contributed by atoms with Crippen LogP contribution in [0.5, 0.6) is 0 Å². The summed E-state index contributed by atoms with van der Waals surface area (Å²) in [5, 5.41) is 1.25. The molecule has 2 aromatic heterocycles. The van der Waals surface area contributed by atoms with Crippen molar-refractivity contribution in [2.45, 2.75) is 13.3 Å². The molecule has 3 nitrogen and oxygen atoms in total. The summed E-state index contributed by atoms with van der Waals surface area (Å²) in [6, 6.07) is 10.1. The van der Waals surface area contributed by atoms with Crippen LogP contribution in [0.25, 0.3) is 10.9 Å². The number of aldehydes is 1. The first-order valence-electron chi connectivity index (χ1n) is 5.96. The zero-order chi connectivity index (χ0) is 12.5. The molecule has 0 aliphatic rings. The van der Waals surface area contributed by atoms with Crippen molar-refractivity contribution in [3.8, 4) is 0 Å². The van der Waals surface area contributed by atoms with E-state index >= 15 is 0 Å². The first-order valence-corrected chi connectivity index (χ1v) is 5.96. The molecule has 0 atom stereocenters. The third-order valence-corrected chi connectivity index (χ3v) is 3.20. The molecular weight excluding hydrogens is 224 g/mol. The van der Waals surface area contributed by atoms with Gasteiger partial charge in [-0.1, -0.05) is 11.6 Å². The second kappa shape index (κ2) is 4.18. The van der Waals surface area contributed by atoms with Crippen LogP contribution in [0.3, 0.4) is 0 Å². The van der Waals surface area contributed by atoms with Crippen LogP contribution in [-0.2, 0) is 6.42 Å². The number of benzene rings is 1. The minimum atomic E-state index is 0.626. The normalized spacial score (nSPS) is 10.9. The van der Waals surface area contributed by atoms with Crippen LogP contribution in [-0.4, -0.2) is 16.3 Å². The van der Waals surface area contributed by atoms with Crippen LogP contribution in [0, 0.1) is 6.92 Å². The van der Waals surface area contributed by atoms with Gasteiger partial charge in [0.1, 0.15) is 0 Å². The van der Waals surface area contributed by atoms with E-state index in [2.05, 4.69) is 35.1 Å². The highest BCUT2D eigenvalue weighted by molar-refractivity contribution is 5.84. The number of aromatic amines is 2. The second-order valence-corrected chi connectivity index (χ2v) is 4.60. The monoisotopic (exact) mass is 238 g/mol. The molecule has 0 unspecified atom stereocenters. The molecule has 0 aliphatic carbocycles. The highest BCUT2D eigenvalue weighted by atomic mass is 16.1. The molecule has 18 heavy (non-hydrogen) atoms. The molecular formula is C15H14N2O. The van der Waals surface area contributed by atoms with E-state index in [1.807, 2.05) is 18.3 Å². The number of fused-ring (bicyclic) bond motifs is 1. The number of nitrogens with one attached hydrogen (secondary N) is 2. The predicted octanol–water partition coefficient (Wildman–Crippen LogP) is 3.21. The van der Waals surface area contributed by atoms with Gasteiger partial charge in [0, 0.05) is 29.2 Å². The largest absolute Gasteiger partial charge is 0.361 e. The van der Waals surface area contributed by atoms with Crippen molar-refractivity contribution in [2.75, 3.05) is 0 Å². The standard InChI is InChI=1S/C15H14N2O/c1-10-2-5-15-14(6-10)11(8-16-15)7-12-3-4-13(9-18)17-12/h2-6,8-9,16-17H,7H2,1H3. The van der Waals surface area contributed by atoms with E-state index in [1.54, 1.807) is 0 Å². The number of rotatable bonds is 3. The van der Waals surface area contributed by atoms with Crippen molar-refractivity contribution >= 4 is 17.2 Å². The van der Waals surface area contributed by atoms with Crippen LogP contribution in [0.2, 0.25) is 0 Å². The van der Waals surface area contributed by atoms with Crippen LogP contribution in [0.4, 0.5) is 0 Å². The lowest BCUT2D eigenvalue weighted by Gasteiger charge is -1.98. The summed E-state index contributed by atoms with van der Waals surface area (Å²) in [4.78, 5) is 17.0. The maximum Gasteiger partial charge on any atom is 0.166 e. The van der Waals surface area contributed by atoms with E-state index in [0.717, 1.165) is 23.9 Å². The Morgan fingerprint density at radius 2 is 2.11 bits per heavy atom. The summed E-state index contributed by atoms with van der Waals surface area (Å²) in [7, 11) is 0. The lowest BCUT2D eigenvalue weighted by molar-refractivity contribution is 0.111. The summed E-state index contributed by atoms with van der Waals surface area (Å²) < 4.78 is 0. The summed E-state index contributed by atoms with van der Waals surface area (Å²) in [5.74, 6) is 0. The fraction of sp³-hybridized carbons (Fsp3) is 0.133. The SMILES string of the molecule is Cc1ccc2[nH]cc(Cc3ccc(C=O)[nH]3)c2c1. The molecule has 0 bridgehead atoms. The van der Waals surface area contributed by atoms with E-state index in [4.69, 9.17) is 0 Å². The Hall–Kier alpha value is -2.29. The maximum absolute atomic E-state index is 10.6. The Balaban J connectivity index is 1.99. The summed E-state index contributed by atoms with van der Waals surface area (Å²) in [6.07, 6.45) is 3.67. The van der Waals surface area contributed by atoms with Crippen LogP contribution >= 0.6 is 0 Å². The van der Waals surface area contributed by atoms with Gasteiger partial charge in [0.15, 0.2) is 6.29 Å². The minimum absolute atomic E-state index is 0.626. The van der Waals surface area contributed by atoms with Gasteiger partial charge in [-0.25, -0.2) is 0 Å². The highest BCUT2D eigenvalue weighted by Gasteiger charge is 2.06. The van der Waals surface area contributed by atoms with Gasteiger partial charge in [-0.15, -0.1) is 0 Å². The molecule has 0 aliphatic heterocycles. The van der Waals surface area contributed by atoms with Crippen LogP contribution < -0.4 is 0 Å². The van der Waals surface area contributed by atoms with E-state index < -0.39 is 0 Å². The summed E-state index contributed by atoms with van der Waals surface area (Å²) in [5.41, 5.74) is 5.33. The quantitative estimate of drug-likeness (QED) is 0.676. The highest BCUT2D eigenvalue weighted by Crippen LogP contribution is 2.22.